The molecule has 2 aromatic rings. The van der Waals surface area contributed by atoms with Crippen LogP contribution in [0.5, 0.6) is 0 Å². The molecule has 1 saturated heterocycles. The first-order chi connectivity index (χ1) is 12.9. The predicted octanol–water partition coefficient (Wildman–Crippen LogP) is 2.02. The van der Waals surface area contributed by atoms with Gasteiger partial charge in [0.05, 0.1) is 5.69 Å². The number of aromatic nitrogens is 2. The molecule has 1 aliphatic heterocycles. The maximum Gasteiger partial charge on any atom is 0.403 e. The Labute approximate surface area is 156 Å². The van der Waals surface area contributed by atoms with Gasteiger partial charge in [0.25, 0.3) is 0 Å². The van der Waals surface area contributed by atoms with E-state index in [0.717, 1.165) is 23.7 Å². The van der Waals surface area contributed by atoms with Crippen molar-refractivity contribution in [2.45, 2.75) is 25.6 Å². The summed E-state index contributed by atoms with van der Waals surface area (Å²) in [6.45, 7) is 3.66. The first kappa shape index (κ1) is 19.5. The molecule has 0 saturated carbocycles. The number of aliphatic imine (C=N–C) groups is 1. The van der Waals surface area contributed by atoms with Crippen LogP contribution in [0.3, 0.4) is 0 Å². The fourth-order valence-corrected chi connectivity index (χ4v) is 3.27. The normalized spacial score (nSPS) is 18.1. The molecule has 0 spiro atoms. The molecule has 1 aliphatic rings. The third-order valence-electron chi connectivity index (χ3n) is 4.93. The Kier molecular flexibility index (Phi) is 5.88. The van der Waals surface area contributed by atoms with Gasteiger partial charge in [-0.25, -0.2) is 4.98 Å². The number of hydrogen-bond donors (Lipinski definition) is 1. The second-order valence-corrected chi connectivity index (χ2v) is 6.66. The molecule has 1 unspecified atom stereocenters. The summed E-state index contributed by atoms with van der Waals surface area (Å²) in [6.07, 6.45) is 0.513. The van der Waals surface area contributed by atoms with Crippen LogP contribution in [0, 0.1) is 0 Å². The first-order valence-corrected chi connectivity index (χ1v) is 9.07. The number of halogens is 3. The predicted molar refractivity (Wildman–Crippen MR) is 98.9 cm³/mol. The summed E-state index contributed by atoms with van der Waals surface area (Å²) in [5, 5.41) is 3.29. The number of nitrogens with one attached hydrogen (secondary N) is 1. The minimum Gasteiger partial charge on any atom is -0.356 e. The van der Waals surface area contributed by atoms with Crippen molar-refractivity contribution in [3.05, 3.63) is 36.3 Å². The molecule has 0 aliphatic carbocycles. The average Bonchev–Trinajstić information content (AvgIpc) is 3.07. The van der Waals surface area contributed by atoms with Crippen molar-refractivity contribution < 1.29 is 13.2 Å². The molecule has 3 heterocycles. The van der Waals surface area contributed by atoms with Gasteiger partial charge < -0.3 is 14.6 Å². The van der Waals surface area contributed by atoms with E-state index in [4.69, 9.17) is 0 Å². The van der Waals surface area contributed by atoms with Crippen molar-refractivity contribution in [2.24, 2.45) is 4.99 Å². The third kappa shape index (κ3) is 4.71. The average molecular weight is 382 g/mol. The lowest BCUT2D eigenvalue weighted by atomic mass is 10.2. The van der Waals surface area contributed by atoms with E-state index in [1.54, 1.807) is 7.05 Å². The number of piperazine rings is 1. The van der Waals surface area contributed by atoms with Gasteiger partial charge in [-0.2, -0.15) is 13.2 Å². The van der Waals surface area contributed by atoms with Gasteiger partial charge in [0.2, 0.25) is 0 Å². The second-order valence-electron chi connectivity index (χ2n) is 6.66. The van der Waals surface area contributed by atoms with E-state index in [-0.39, 0.29) is 0 Å². The van der Waals surface area contributed by atoms with Crippen LogP contribution < -0.4 is 5.32 Å². The number of pyridine rings is 1. The molecule has 148 valence electrons. The summed E-state index contributed by atoms with van der Waals surface area (Å²) >= 11 is 0. The van der Waals surface area contributed by atoms with Crippen molar-refractivity contribution in [3.63, 3.8) is 0 Å². The molecule has 0 radical (unpaired) electrons. The van der Waals surface area contributed by atoms with Crippen molar-refractivity contribution >= 4 is 11.6 Å². The summed E-state index contributed by atoms with van der Waals surface area (Å²) in [5.74, 6) is 0.720. The highest BCUT2D eigenvalue weighted by Crippen LogP contribution is 2.25. The number of rotatable bonds is 4. The Morgan fingerprint density at radius 2 is 2.00 bits per heavy atom. The van der Waals surface area contributed by atoms with Gasteiger partial charge in [0.1, 0.15) is 11.7 Å². The van der Waals surface area contributed by atoms with E-state index in [1.807, 2.05) is 39.9 Å². The SMILES string of the molecule is CN=C(NCCc1cn2ccccc2n1)N1CCN(C(C)C(F)(F)F)CC1. The second kappa shape index (κ2) is 8.16. The number of imidazole rings is 1. The monoisotopic (exact) mass is 382 g/mol. The summed E-state index contributed by atoms with van der Waals surface area (Å²) in [7, 11) is 1.69. The molecule has 6 nitrogen and oxygen atoms in total. The molecule has 0 amide bonds. The molecule has 1 N–H and O–H groups in total. The maximum absolute atomic E-state index is 12.9. The fourth-order valence-electron chi connectivity index (χ4n) is 3.27. The Bertz CT molecular complexity index is 744. The lowest BCUT2D eigenvalue weighted by Gasteiger charge is -2.39. The first-order valence-electron chi connectivity index (χ1n) is 9.07. The summed E-state index contributed by atoms with van der Waals surface area (Å²) in [6, 6.07) is 4.45. The lowest BCUT2D eigenvalue weighted by Crippen LogP contribution is -2.56. The van der Waals surface area contributed by atoms with Gasteiger partial charge in [-0.15, -0.1) is 0 Å². The van der Waals surface area contributed by atoms with E-state index in [1.165, 1.54) is 11.8 Å². The van der Waals surface area contributed by atoms with Crippen LogP contribution >= 0.6 is 0 Å². The summed E-state index contributed by atoms with van der Waals surface area (Å²) < 4.78 is 40.6. The van der Waals surface area contributed by atoms with Crippen LogP contribution in [-0.4, -0.2) is 77.1 Å². The number of hydrogen-bond acceptors (Lipinski definition) is 3. The fraction of sp³-hybridized carbons (Fsp3) is 0.556. The Hall–Kier alpha value is -2.29. The molecule has 1 fully saturated rings. The number of fused-ring (bicyclic) bond motifs is 1. The molecular formula is C18H25F3N6. The van der Waals surface area contributed by atoms with Crippen LogP contribution in [0.4, 0.5) is 13.2 Å². The largest absolute Gasteiger partial charge is 0.403 e. The zero-order valence-electron chi connectivity index (χ0n) is 15.6. The molecule has 2 aromatic heterocycles. The molecule has 0 bridgehead atoms. The highest BCUT2D eigenvalue weighted by Gasteiger charge is 2.41. The van der Waals surface area contributed by atoms with E-state index >= 15 is 0 Å². The van der Waals surface area contributed by atoms with Crippen molar-refractivity contribution in [1.82, 2.24) is 24.5 Å². The Balaban J connectivity index is 1.48. The molecule has 0 aromatic carbocycles. The van der Waals surface area contributed by atoms with E-state index in [0.29, 0.717) is 32.7 Å². The molecule has 27 heavy (non-hydrogen) atoms. The van der Waals surface area contributed by atoms with Gasteiger partial charge in [-0.3, -0.25) is 9.89 Å². The Morgan fingerprint density at radius 1 is 1.26 bits per heavy atom. The van der Waals surface area contributed by atoms with Crippen LogP contribution in [0.1, 0.15) is 12.6 Å². The van der Waals surface area contributed by atoms with Gasteiger partial charge in [0.15, 0.2) is 5.96 Å². The highest BCUT2D eigenvalue weighted by molar-refractivity contribution is 5.80. The van der Waals surface area contributed by atoms with Crippen LogP contribution in [-0.2, 0) is 6.42 Å². The van der Waals surface area contributed by atoms with E-state index < -0.39 is 12.2 Å². The summed E-state index contributed by atoms with van der Waals surface area (Å²) in [4.78, 5) is 12.3. The van der Waals surface area contributed by atoms with Crippen molar-refractivity contribution in [3.8, 4) is 0 Å². The number of nitrogens with zero attached hydrogens (tertiary/aromatic N) is 5. The number of guanidine groups is 1. The minimum atomic E-state index is -4.18. The van der Waals surface area contributed by atoms with Gasteiger partial charge in [-0.1, -0.05) is 6.07 Å². The van der Waals surface area contributed by atoms with E-state index in [9.17, 15) is 13.2 Å². The maximum atomic E-state index is 12.9. The van der Waals surface area contributed by atoms with Crippen LogP contribution in [0.2, 0.25) is 0 Å². The highest BCUT2D eigenvalue weighted by atomic mass is 19.4. The van der Waals surface area contributed by atoms with Gasteiger partial charge in [0, 0.05) is 58.6 Å². The van der Waals surface area contributed by atoms with Crippen LogP contribution in [0.25, 0.3) is 5.65 Å². The van der Waals surface area contributed by atoms with E-state index in [2.05, 4.69) is 15.3 Å². The number of alkyl halides is 3. The minimum absolute atomic E-state index is 0.369. The van der Waals surface area contributed by atoms with Crippen molar-refractivity contribution in [1.29, 1.82) is 0 Å². The zero-order chi connectivity index (χ0) is 19.4. The van der Waals surface area contributed by atoms with Gasteiger partial charge >= 0.3 is 6.18 Å². The third-order valence-corrected chi connectivity index (χ3v) is 4.93. The van der Waals surface area contributed by atoms with Crippen molar-refractivity contribution in [2.75, 3.05) is 39.8 Å². The Morgan fingerprint density at radius 3 is 2.63 bits per heavy atom. The summed E-state index contributed by atoms with van der Waals surface area (Å²) in [5.41, 5.74) is 1.89. The van der Waals surface area contributed by atoms with Crippen LogP contribution in [0.15, 0.2) is 35.6 Å². The standard InChI is InChI=1S/C18H25F3N6/c1-14(18(19,20)21)25-9-11-26(12-10-25)17(22-2)23-7-6-15-13-27-8-4-3-5-16(27)24-15/h3-5,8,13-14H,6-7,9-12H2,1-2H3,(H,22,23). The topological polar surface area (TPSA) is 48.2 Å². The van der Waals surface area contributed by atoms with Gasteiger partial charge in [-0.05, 0) is 19.1 Å². The molecule has 1 atom stereocenters. The quantitative estimate of drug-likeness (QED) is 0.649. The molecule has 3 rings (SSSR count). The lowest BCUT2D eigenvalue weighted by molar-refractivity contribution is -0.181. The molecule has 9 heteroatoms. The molecular weight excluding hydrogens is 357 g/mol. The smallest absolute Gasteiger partial charge is 0.356 e. The zero-order valence-corrected chi connectivity index (χ0v) is 15.6.